The van der Waals surface area contributed by atoms with Gasteiger partial charge in [-0.3, -0.25) is 0 Å². The average molecular weight is 151 g/mol. The van der Waals surface area contributed by atoms with Crippen molar-refractivity contribution >= 4 is 6.08 Å². The molecule has 3 nitrogen and oxygen atoms in total. The Bertz CT molecular complexity index is 248. The van der Waals surface area contributed by atoms with Crippen LogP contribution in [0.4, 0.5) is 0 Å². The minimum atomic E-state index is 0.102. The minimum Gasteiger partial charge on any atom is -0.334 e. The maximum atomic E-state index is 5.54. The van der Waals surface area contributed by atoms with E-state index in [4.69, 9.17) is 5.73 Å². The van der Waals surface area contributed by atoms with Crippen molar-refractivity contribution in [2.75, 3.05) is 0 Å². The SMILES string of the molecule is CC(N)/C=C/c1cncn1C. The highest BCUT2D eigenvalue weighted by atomic mass is 15.0. The molecule has 1 rings (SSSR count). The molecule has 1 unspecified atom stereocenters. The molecule has 60 valence electrons. The third-order valence-corrected chi connectivity index (χ3v) is 1.42. The highest BCUT2D eigenvalue weighted by Gasteiger charge is 1.91. The lowest BCUT2D eigenvalue weighted by molar-refractivity contribution is 0.895. The van der Waals surface area contributed by atoms with E-state index >= 15 is 0 Å². The van der Waals surface area contributed by atoms with Gasteiger partial charge in [0.25, 0.3) is 0 Å². The van der Waals surface area contributed by atoms with Gasteiger partial charge in [-0.15, -0.1) is 0 Å². The van der Waals surface area contributed by atoms with E-state index in [9.17, 15) is 0 Å². The number of rotatable bonds is 2. The largest absolute Gasteiger partial charge is 0.334 e. The fourth-order valence-electron chi connectivity index (χ4n) is 0.778. The van der Waals surface area contributed by atoms with Gasteiger partial charge in [0, 0.05) is 13.1 Å². The molecule has 0 bridgehead atoms. The van der Waals surface area contributed by atoms with Gasteiger partial charge in [0.2, 0.25) is 0 Å². The zero-order valence-corrected chi connectivity index (χ0v) is 6.86. The quantitative estimate of drug-likeness (QED) is 0.678. The van der Waals surface area contributed by atoms with Crippen molar-refractivity contribution in [1.29, 1.82) is 0 Å². The lowest BCUT2D eigenvalue weighted by atomic mass is 10.3. The van der Waals surface area contributed by atoms with Gasteiger partial charge in [-0.1, -0.05) is 6.08 Å². The third kappa shape index (κ3) is 2.20. The second-order valence-corrected chi connectivity index (χ2v) is 2.65. The maximum Gasteiger partial charge on any atom is 0.0948 e. The molecular formula is C8H13N3. The molecule has 0 radical (unpaired) electrons. The Labute approximate surface area is 66.5 Å². The van der Waals surface area contributed by atoms with Crippen LogP contribution >= 0.6 is 0 Å². The van der Waals surface area contributed by atoms with Crippen LogP contribution < -0.4 is 5.73 Å². The molecule has 0 aliphatic carbocycles. The van der Waals surface area contributed by atoms with Gasteiger partial charge in [0.15, 0.2) is 0 Å². The van der Waals surface area contributed by atoms with Gasteiger partial charge < -0.3 is 10.3 Å². The van der Waals surface area contributed by atoms with E-state index in [0.29, 0.717) is 0 Å². The number of aryl methyl sites for hydroxylation is 1. The first-order valence-electron chi connectivity index (χ1n) is 3.60. The third-order valence-electron chi connectivity index (χ3n) is 1.42. The predicted molar refractivity (Wildman–Crippen MR) is 45.9 cm³/mol. The molecule has 0 amide bonds. The Morgan fingerprint density at radius 1 is 1.73 bits per heavy atom. The molecule has 0 fully saturated rings. The molecule has 0 saturated heterocycles. The van der Waals surface area contributed by atoms with E-state index < -0.39 is 0 Å². The molecular weight excluding hydrogens is 138 g/mol. The number of aromatic nitrogens is 2. The summed E-state index contributed by atoms with van der Waals surface area (Å²) >= 11 is 0. The Morgan fingerprint density at radius 2 is 2.45 bits per heavy atom. The number of imidazole rings is 1. The van der Waals surface area contributed by atoms with Crippen molar-refractivity contribution < 1.29 is 0 Å². The Balaban J connectivity index is 2.71. The monoisotopic (exact) mass is 151 g/mol. The second-order valence-electron chi connectivity index (χ2n) is 2.65. The molecule has 1 aromatic rings. The molecule has 0 aromatic carbocycles. The molecule has 11 heavy (non-hydrogen) atoms. The summed E-state index contributed by atoms with van der Waals surface area (Å²) in [6, 6.07) is 0.102. The van der Waals surface area contributed by atoms with E-state index in [2.05, 4.69) is 4.98 Å². The van der Waals surface area contributed by atoms with Gasteiger partial charge in [-0.25, -0.2) is 4.98 Å². The summed E-state index contributed by atoms with van der Waals surface area (Å²) in [6.07, 6.45) is 7.48. The molecule has 0 aliphatic rings. The zero-order chi connectivity index (χ0) is 8.27. The summed E-state index contributed by atoms with van der Waals surface area (Å²) in [4.78, 5) is 3.97. The van der Waals surface area contributed by atoms with E-state index in [1.54, 1.807) is 12.5 Å². The first-order valence-corrected chi connectivity index (χ1v) is 3.60. The van der Waals surface area contributed by atoms with E-state index in [0.717, 1.165) is 5.69 Å². The van der Waals surface area contributed by atoms with Crippen molar-refractivity contribution in [2.24, 2.45) is 12.8 Å². The Morgan fingerprint density at radius 3 is 2.91 bits per heavy atom. The van der Waals surface area contributed by atoms with Crippen molar-refractivity contribution in [3.63, 3.8) is 0 Å². The van der Waals surface area contributed by atoms with Crippen molar-refractivity contribution in [1.82, 2.24) is 9.55 Å². The van der Waals surface area contributed by atoms with E-state index in [1.165, 1.54) is 0 Å². The lowest BCUT2D eigenvalue weighted by Gasteiger charge is -1.95. The molecule has 1 aromatic heterocycles. The predicted octanol–water partition coefficient (Wildman–Crippen LogP) is 0.781. The number of hydrogen-bond acceptors (Lipinski definition) is 2. The second kappa shape index (κ2) is 3.34. The average Bonchev–Trinajstić information content (AvgIpc) is 2.31. The summed E-state index contributed by atoms with van der Waals surface area (Å²) < 4.78 is 1.94. The topological polar surface area (TPSA) is 43.8 Å². The molecule has 1 heterocycles. The first kappa shape index (κ1) is 8.01. The maximum absolute atomic E-state index is 5.54. The van der Waals surface area contributed by atoms with Crippen LogP contribution in [0.2, 0.25) is 0 Å². The highest BCUT2D eigenvalue weighted by Crippen LogP contribution is 1.99. The molecule has 0 spiro atoms. The van der Waals surface area contributed by atoms with Crippen LogP contribution in [0.25, 0.3) is 6.08 Å². The lowest BCUT2D eigenvalue weighted by Crippen LogP contribution is -2.10. The van der Waals surface area contributed by atoms with Gasteiger partial charge >= 0.3 is 0 Å². The van der Waals surface area contributed by atoms with Crippen LogP contribution in [0, 0.1) is 0 Å². The summed E-state index contributed by atoms with van der Waals surface area (Å²) in [5.41, 5.74) is 6.61. The van der Waals surface area contributed by atoms with Crippen LogP contribution in [0.3, 0.4) is 0 Å². The smallest absolute Gasteiger partial charge is 0.0948 e. The summed E-state index contributed by atoms with van der Waals surface area (Å²) in [5, 5.41) is 0. The van der Waals surface area contributed by atoms with Crippen LogP contribution in [-0.2, 0) is 7.05 Å². The summed E-state index contributed by atoms with van der Waals surface area (Å²) in [7, 11) is 1.95. The number of hydrogen-bond donors (Lipinski definition) is 1. The fraction of sp³-hybridized carbons (Fsp3) is 0.375. The van der Waals surface area contributed by atoms with Crippen LogP contribution in [0.1, 0.15) is 12.6 Å². The molecule has 0 saturated carbocycles. The van der Waals surface area contributed by atoms with E-state index in [-0.39, 0.29) is 6.04 Å². The van der Waals surface area contributed by atoms with Crippen molar-refractivity contribution in [3.05, 3.63) is 24.3 Å². The Hall–Kier alpha value is -1.09. The number of nitrogens with two attached hydrogens (primary N) is 1. The van der Waals surface area contributed by atoms with Gasteiger partial charge in [0.05, 0.1) is 18.2 Å². The first-order chi connectivity index (χ1) is 5.20. The van der Waals surface area contributed by atoms with Crippen LogP contribution in [0.15, 0.2) is 18.6 Å². The van der Waals surface area contributed by atoms with Gasteiger partial charge in [0.1, 0.15) is 0 Å². The summed E-state index contributed by atoms with van der Waals surface area (Å²) in [6.45, 7) is 1.94. The summed E-state index contributed by atoms with van der Waals surface area (Å²) in [5.74, 6) is 0. The number of nitrogens with zero attached hydrogens (tertiary/aromatic N) is 2. The van der Waals surface area contributed by atoms with Gasteiger partial charge in [-0.2, -0.15) is 0 Å². The zero-order valence-electron chi connectivity index (χ0n) is 6.86. The molecule has 2 N–H and O–H groups in total. The van der Waals surface area contributed by atoms with Crippen molar-refractivity contribution in [2.45, 2.75) is 13.0 Å². The normalized spacial score (nSPS) is 14.1. The minimum absolute atomic E-state index is 0.102. The standard InChI is InChI=1S/C8H13N3/c1-7(9)3-4-8-5-10-6-11(8)2/h3-7H,9H2,1-2H3/b4-3+. The van der Waals surface area contributed by atoms with E-state index in [1.807, 2.05) is 30.7 Å². The highest BCUT2D eigenvalue weighted by molar-refractivity contribution is 5.44. The molecule has 3 heteroatoms. The van der Waals surface area contributed by atoms with Gasteiger partial charge in [-0.05, 0) is 13.0 Å². The van der Waals surface area contributed by atoms with Crippen LogP contribution in [0.5, 0.6) is 0 Å². The molecule has 0 aliphatic heterocycles. The molecule has 1 atom stereocenters. The Kier molecular flexibility index (Phi) is 2.44. The fourth-order valence-corrected chi connectivity index (χ4v) is 0.778. The van der Waals surface area contributed by atoms with Crippen molar-refractivity contribution in [3.8, 4) is 0 Å². The van der Waals surface area contributed by atoms with Crippen LogP contribution in [-0.4, -0.2) is 15.6 Å².